The van der Waals surface area contributed by atoms with Crippen molar-refractivity contribution in [1.82, 2.24) is 10.2 Å². The first-order valence-electron chi connectivity index (χ1n) is 12.0. The normalized spacial score (nSPS) is 14.8. The van der Waals surface area contributed by atoms with Crippen molar-refractivity contribution in [3.05, 3.63) is 78.4 Å². The van der Waals surface area contributed by atoms with Gasteiger partial charge in [0.2, 0.25) is 5.91 Å². The van der Waals surface area contributed by atoms with Crippen LogP contribution in [0.1, 0.15) is 5.56 Å². The van der Waals surface area contributed by atoms with Gasteiger partial charge in [0.1, 0.15) is 30.8 Å². The van der Waals surface area contributed by atoms with Gasteiger partial charge in [0.05, 0.1) is 13.2 Å². The zero-order chi connectivity index (χ0) is 24.3. The van der Waals surface area contributed by atoms with Gasteiger partial charge < -0.3 is 29.5 Å². The number of aliphatic hydroxyl groups excluding tert-OH is 1. The summed E-state index contributed by atoms with van der Waals surface area (Å²) < 4.78 is 16.9. The zero-order valence-electron chi connectivity index (χ0n) is 19.8. The van der Waals surface area contributed by atoms with Crippen LogP contribution in [-0.4, -0.2) is 74.6 Å². The van der Waals surface area contributed by atoms with E-state index in [4.69, 9.17) is 14.2 Å². The predicted octanol–water partition coefficient (Wildman–Crippen LogP) is 3.12. The zero-order valence-corrected chi connectivity index (χ0v) is 19.8. The molecule has 0 saturated carbocycles. The fourth-order valence-electron chi connectivity index (χ4n) is 3.81. The van der Waals surface area contributed by atoms with Gasteiger partial charge in [-0.1, -0.05) is 48.5 Å². The number of hydrogen-bond acceptors (Lipinski definition) is 6. The summed E-state index contributed by atoms with van der Waals surface area (Å²) in [5.74, 6) is 1.40. The second kappa shape index (κ2) is 12.9. The molecule has 35 heavy (non-hydrogen) atoms. The number of nitrogens with zero attached hydrogens (tertiary/aromatic N) is 1. The van der Waals surface area contributed by atoms with Gasteiger partial charge in [0.15, 0.2) is 0 Å². The molecule has 4 rings (SSSR count). The SMILES string of the molecule is O=C(C=Cc1ccccc1OCC(O)CNCCOc1ccc2ccccc2c1)N1CCOCC1. The highest BCUT2D eigenvalue weighted by Crippen LogP contribution is 2.21. The molecule has 3 aromatic carbocycles. The molecule has 1 heterocycles. The van der Waals surface area contributed by atoms with Crippen molar-refractivity contribution >= 4 is 22.8 Å². The maximum atomic E-state index is 12.4. The number of benzene rings is 3. The second-order valence-electron chi connectivity index (χ2n) is 8.34. The second-order valence-corrected chi connectivity index (χ2v) is 8.34. The number of amides is 1. The molecular formula is C28H32N2O5. The molecule has 1 aliphatic rings. The van der Waals surface area contributed by atoms with Gasteiger partial charge in [-0.25, -0.2) is 0 Å². The summed E-state index contributed by atoms with van der Waals surface area (Å²) in [5, 5.41) is 15.8. The Morgan fingerprint density at radius 3 is 2.66 bits per heavy atom. The molecule has 1 amide bonds. The summed E-state index contributed by atoms with van der Waals surface area (Å²) in [6.45, 7) is 3.97. The number of rotatable bonds is 11. The number of aliphatic hydroxyl groups is 1. The lowest BCUT2D eigenvalue weighted by Gasteiger charge is -2.25. The van der Waals surface area contributed by atoms with E-state index in [1.54, 1.807) is 17.1 Å². The van der Waals surface area contributed by atoms with Crippen molar-refractivity contribution in [3.63, 3.8) is 0 Å². The van der Waals surface area contributed by atoms with Gasteiger partial charge in [0.25, 0.3) is 0 Å². The first-order chi connectivity index (χ1) is 17.2. The summed E-state index contributed by atoms with van der Waals surface area (Å²) in [5.41, 5.74) is 0.790. The van der Waals surface area contributed by atoms with Crippen molar-refractivity contribution in [3.8, 4) is 11.5 Å². The summed E-state index contributed by atoms with van der Waals surface area (Å²) >= 11 is 0. The van der Waals surface area contributed by atoms with E-state index in [1.807, 2.05) is 54.6 Å². The number of nitrogens with one attached hydrogen (secondary N) is 1. The monoisotopic (exact) mass is 476 g/mol. The lowest BCUT2D eigenvalue weighted by molar-refractivity contribution is -0.129. The number of para-hydroxylation sites is 1. The number of morpholine rings is 1. The van der Waals surface area contributed by atoms with Gasteiger partial charge in [-0.2, -0.15) is 0 Å². The van der Waals surface area contributed by atoms with Crippen LogP contribution in [0.25, 0.3) is 16.8 Å². The van der Waals surface area contributed by atoms with Crippen LogP contribution in [-0.2, 0) is 9.53 Å². The summed E-state index contributed by atoms with van der Waals surface area (Å²) in [7, 11) is 0. The minimum atomic E-state index is -0.678. The van der Waals surface area contributed by atoms with E-state index in [0.717, 1.165) is 16.7 Å². The average molecular weight is 477 g/mol. The van der Waals surface area contributed by atoms with E-state index in [9.17, 15) is 9.90 Å². The van der Waals surface area contributed by atoms with E-state index in [-0.39, 0.29) is 12.5 Å². The Kier molecular flexibility index (Phi) is 9.11. The first-order valence-corrected chi connectivity index (χ1v) is 12.0. The average Bonchev–Trinajstić information content (AvgIpc) is 2.91. The molecular weight excluding hydrogens is 444 g/mol. The fraction of sp³-hybridized carbons (Fsp3) is 0.321. The highest BCUT2D eigenvalue weighted by molar-refractivity contribution is 5.92. The Hall–Kier alpha value is -3.39. The van der Waals surface area contributed by atoms with E-state index in [0.29, 0.717) is 51.7 Å². The van der Waals surface area contributed by atoms with E-state index in [2.05, 4.69) is 17.4 Å². The molecule has 1 saturated heterocycles. The quantitative estimate of drug-likeness (QED) is 0.327. The standard InChI is InChI=1S/C28H32N2O5/c31-25(20-29-13-16-34-26-11-9-22-5-1-2-7-24(22)19-26)21-35-27-8-4-3-6-23(27)10-12-28(32)30-14-17-33-18-15-30/h1-12,19,25,29,31H,13-18,20-21H2. The number of ether oxygens (including phenoxy) is 3. The molecule has 7 nitrogen and oxygen atoms in total. The van der Waals surface area contributed by atoms with E-state index >= 15 is 0 Å². The molecule has 1 unspecified atom stereocenters. The van der Waals surface area contributed by atoms with Gasteiger partial charge >= 0.3 is 0 Å². The molecule has 0 aliphatic carbocycles. The molecule has 2 N–H and O–H groups in total. The fourth-order valence-corrected chi connectivity index (χ4v) is 3.81. The van der Waals surface area contributed by atoms with Crippen LogP contribution < -0.4 is 14.8 Å². The molecule has 1 atom stereocenters. The smallest absolute Gasteiger partial charge is 0.246 e. The predicted molar refractivity (Wildman–Crippen MR) is 137 cm³/mol. The Labute approximate surface area is 205 Å². The lowest BCUT2D eigenvalue weighted by Crippen LogP contribution is -2.39. The van der Waals surface area contributed by atoms with Crippen molar-refractivity contribution in [1.29, 1.82) is 0 Å². The number of carbonyl (C=O) groups excluding carboxylic acids is 1. The van der Waals surface area contributed by atoms with Crippen LogP contribution >= 0.6 is 0 Å². The maximum Gasteiger partial charge on any atom is 0.246 e. The Morgan fingerprint density at radius 1 is 1.03 bits per heavy atom. The molecule has 0 bridgehead atoms. The molecule has 0 radical (unpaired) electrons. The Morgan fingerprint density at radius 2 is 1.80 bits per heavy atom. The minimum Gasteiger partial charge on any atom is -0.492 e. The molecule has 1 aliphatic heterocycles. The highest BCUT2D eigenvalue weighted by atomic mass is 16.5. The Balaban J connectivity index is 1.17. The first kappa shape index (κ1) is 24.7. The van der Waals surface area contributed by atoms with E-state index in [1.165, 1.54) is 5.39 Å². The van der Waals surface area contributed by atoms with Crippen molar-refractivity contribution < 1.29 is 24.1 Å². The maximum absolute atomic E-state index is 12.4. The minimum absolute atomic E-state index is 0.0433. The topological polar surface area (TPSA) is 80.3 Å². The summed E-state index contributed by atoms with van der Waals surface area (Å²) in [4.78, 5) is 14.1. The van der Waals surface area contributed by atoms with Crippen LogP contribution in [0.2, 0.25) is 0 Å². The molecule has 184 valence electrons. The third kappa shape index (κ3) is 7.55. The highest BCUT2D eigenvalue weighted by Gasteiger charge is 2.14. The Bertz CT molecular complexity index is 1130. The number of fused-ring (bicyclic) bond motifs is 1. The van der Waals surface area contributed by atoms with Crippen LogP contribution in [0.15, 0.2) is 72.8 Å². The van der Waals surface area contributed by atoms with Gasteiger partial charge in [0, 0.05) is 37.8 Å². The third-order valence-electron chi connectivity index (χ3n) is 5.73. The van der Waals surface area contributed by atoms with Crippen molar-refractivity contribution in [2.24, 2.45) is 0 Å². The molecule has 3 aromatic rings. The lowest BCUT2D eigenvalue weighted by atomic mass is 10.1. The van der Waals surface area contributed by atoms with Gasteiger partial charge in [-0.3, -0.25) is 4.79 Å². The van der Waals surface area contributed by atoms with Crippen molar-refractivity contribution in [2.75, 3.05) is 52.6 Å². The molecule has 0 aromatic heterocycles. The van der Waals surface area contributed by atoms with E-state index < -0.39 is 6.10 Å². The molecule has 1 fully saturated rings. The van der Waals surface area contributed by atoms with Crippen LogP contribution in [0.3, 0.4) is 0 Å². The molecule has 7 heteroatoms. The van der Waals surface area contributed by atoms with Gasteiger partial charge in [-0.05, 0) is 35.0 Å². The van der Waals surface area contributed by atoms with Crippen LogP contribution in [0.4, 0.5) is 0 Å². The number of hydrogen-bond donors (Lipinski definition) is 2. The largest absolute Gasteiger partial charge is 0.492 e. The summed E-state index contributed by atoms with van der Waals surface area (Å²) in [6.07, 6.45) is 2.63. The third-order valence-corrected chi connectivity index (χ3v) is 5.73. The summed E-state index contributed by atoms with van der Waals surface area (Å²) in [6, 6.07) is 21.7. The van der Waals surface area contributed by atoms with Crippen molar-refractivity contribution in [2.45, 2.75) is 6.10 Å². The van der Waals surface area contributed by atoms with Gasteiger partial charge in [-0.15, -0.1) is 0 Å². The van der Waals surface area contributed by atoms with Crippen LogP contribution in [0, 0.1) is 0 Å². The van der Waals surface area contributed by atoms with Crippen LogP contribution in [0.5, 0.6) is 11.5 Å². The molecule has 0 spiro atoms. The number of carbonyl (C=O) groups is 1.